The SMILES string of the molecule is Cc1nn2c(N3CCN(CCO)CC3)cc(-c3cccc(CCCN4CCC(c5cc(F)cc6c5CN(C5CCC(=O)NC5=O)C6=O)CC4)c3)nc2c1-c1ccccc1. The number of amides is 3. The second-order valence-electron chi connectivity index (χ2n) is 16.5. The number of carbonyl (C=O) groups is 3. The number of nitrogens with one attached hydrogen (secondary N) is 1. The molecule has 1 atom stereocenters. The van der Waals surface area contributed by atoms with Gasteiger partial charge in [-0.2, -0.15) is 9.61 Å². The van der Waals surface area contributed by atoms with Crippen molar-refractivity contribution in [2.75, 3.05) is 63.9 Å². The number of nitrogens with zero attached hydrogens (tertiary/aromatic N) is 7. The van der Waals surface area contributed by atoms with E-state index in [1.54, 1.807) is 6.07 Å². The van der Waals surface area contributed by atoms with Gasteiger partial charge in [0.25, 0.3) is 5.91 Å². The first kappa shape index (κ1) is 39.0. The lowest BCUT2D eigenvalue weighted by molar-refractivity contribution is -0.136. The molecule has 12 nitrogen and oxygen atoms in total. The molecule has 0 aliphatic carbocycles. The Bertz CT molecular complexity index is 2390. The molecule has 13 heteroatoms. The van der Waals surface area contributed by atoms with Crippen LogP contribution in [0.15, 0.2) is 72.8 Å². The van der Waals surface area contributed by atoms with Crippen LogP contribution in [0.3, 0.4) is 0 Å². The summed E-state index contributed by atoms with van der Waals surface area (Å²) < 4.78 is 17.0. The number of aromatic nitrogens is 3. The first-order valence-electron chi connectivity index (χ1n) is 21.1. The number of aliphatic hydroxyl groups excluding tert-OH is 1. The van der Waals surface area contributed by atoms with Crippen molar-refractivity contribution >= 4 is 29.2 Å². The van der Waals surface area contributed by atoms with Gasteiger partial charge < -0.3 is 19.8 Å². The first-order chi connectivity index (χ1) is 28.7. The van der Waals surface area contributed by atoms with Crippen molar-refractivity contribution < 1.29 is 23.9 Å². The van der Waals surface area contributed by atoms with Gasteiger partial charge in [0.1, 0.15) is 17.7 Å². The fourth-order valence-electron chi connectivity index (χ4n) is 9.64. The lowest BCUT2D eigenvalue weighted by Crippen LogP contribution is -2.52. The van der Waals surface area contributed by atoms with Crippen LogP contribution >= 0.6 is 0 Å². The monoisotopic (exact) mass is 798 g/mol. The maximum absolute atomic E-state index is 15.0. The molecule has 3 fully saturated rings. The van der Waals surface area contributed by atoms with Crippen LogP contribution in [0.1, 0.15) is 70.8 Å². The van der Waals surface area contributed by atoms with Gasteiger partial charge in [-0.05, 0) is 105 Å². The van der Waals surface area contributed by atoms with Crippen molar-refractivity contribution in [1.29, 1.82) is 0 Å². The Morgan fingerprint density at radius 3 is 2.37 bits per heavy atom. The van der Waals surface area contributed by atoms with Gasteiger partial charge in [0, 0.05) is 68.4 Å². The van der Waals surface area contributed by atoms with Crippen molar-refractivity contribution in [3.05, 3.63) is 107 Å². The van der Waals surface area contributed by atoms with Crippen LogP contribution in [-0.4, -0.2) is 117 Å². The summed E-state index contributed by atoms with van der Waals surface area (Å²) in [6.45, 7) is 9.30. The number of β-amino-alcohol motifs (C(OH)–C–C–N with tert-alkyl or cyclic N) is 1. The minimum atomic E-state index is -0.721. The minimum absolute atomic E-state index is 0.128. The van der Waals surface area contributed by atoms with E-state index in [0.717, 1.165) is 122 Å². The molecule has 0 saturated carbocycles. The van der Waals surface area contributed by atoms with Gasteiger partial charge >= 0.3 is 0 Å². The Kier molecular flexibility index (Phi) is 11.0. The summed E-state index contributed by atoms with van der Waals surface area (Å²) >= 11 is 0. The van der Waals surface area contributed by atoms with Crippen LogP contribution < -0.4 is 10.2 Å². The molecule has 3 amide bonds. The molecular formula is C46H51FN8O4. The number of carbonyl (C=O) groups excluding carboxylic acids is 3. The molecule has 0 radical (unpaired) electrons. The standard InChI is InChI=1S/C46H51FN8O4/c1-30-43(33-9-3-2-4-10-33)44-48-39(28-42(55(44)50-30)53-21-19-52(20-22-53)23-24-56)34-11-5-7-31(25-34)8-6-16-51-17-14-32(15-18-51)36-26-35(47)27-37-38(36)29-54(46(37)59)40-12-13-41(57)49-45(40)58/h2-5,7,9-11,25-28,32,40,56H,6,8,12-24,29H2,1H3,(H,49,57,58). The summed E-state index contributed by atoms with van der Waals surface area (Å²) in [7, 11) is 0. The van der Waals surface area contributed by atoms with E-state index in [1.165, 1.54) is 16.5 Å². The van der Waals surface area contributed by atoms with Crippen molar-refractivity contribution in [2.45, 2.75) is 64.0 Å². The molecule has 0 bridgehead atoms. The molecule has 2 aromatic heterocycles. The number of aryl methyl sites for hydroxylation is 2. The quantitative estimate of drug-likeness (QED) is 0.174. The summed E-state index contributed by atoms with van der Waals surface area (Å²) in [4.78, 5) is 51.7. The molecule has 59 heavy (non-hydrogen) atoms. The molecule has 3 saturated heterocycles. The van der Waals surface area contributed by atoms with Crippen LogP contribution in [0.2, 0.25) is 0 Å². The topological polar surface area (TPSA) is 127 Å². The number of piperidine rings is 2. The maximum Gasteiger partial charge on any atom is 0.255 e. The number of fused-ring (bicyclic) bond motifs is 2. The second-order valence-corrected chi connectivity index (χ2v) is 16.5. The van der Waals surface area contributed by atoms with Crippen LogP contribution in [0.4, 0.5) is 10.2 Å². The summed E-state index contributed by atoms with van der Waals surface area (Å²) in [5, 5.41) is 16.9. The van der Waals surface area contributed by atoms with E-state index in [0.29, 0.717) is 12.1 Å². The molecule has 2 N–H and O–H groups in total. The summed E-state index contributed by atoms with van der Waals surface area (Å²) in [5.74, 6) is -0.402. The number of benzene rings is 3. The van der Waals surface area contributed by atoms with Gasteiger partial charge in [-0.25, -0.2) is 9.37 Å². The van der Waals surface area contributed by atoms with Gasteiger partial charge in [-0.3, -0.25) is 24.6 Å². The maximum atomic E-state index is 15.0. The van der Waals surface area contributed by atoms with Crippen LogP contribution in [-0.2, 0) is 22.6 Å². The normalized spacial score (nSPS) is 19.5. The summed E-state index contributed by atoms with van der Waals surface area (Å²) in [6.07, 6.45) is 4.11. The predicted octanol–water partition coefficient (Wildman–Crippen LogP) is 5.20. The lowest BCUT2D eigenvalue weighted by Gasteiger charge is -2.35. The van der Waals surface area contributed by atoms with Gasteiger partial charge in [-0.15, -0.1) is 0 Å². The fourth-order valence-corrected chi connectivity index (χ4v) is 9.64. The number of anilines is 1. The second kappa shape index (κ2) is 16.6. The molecule has 306 valence electrons. The molecule has 4 aliphatic rings. The van der Waals surface area contributed by atoms with Gasteiger partial charge in [-0.1, -0.05) is 48.5 Å². The Balaban J connectivity index is 0.872. The fraction of sp³-hybridized carbons (Fsp3) is 0.413. The molecule has 1 unspecified atom stereocenters. The first-order valence-corrected chi connectivity index (χ1v) is 21.1. The van der Waals surface area contributed by atoms with E-state index in [-0.39, 0.29) is 43.7 Å². The van der Waals surface area contributed by atoms with Crippen LogP contribution in [0, 0.1) is 12.7 Å². The van der Waals surface area contributed by atoms with E-state index < -0.39 is 17.8 Å². The molecule has 0 spiro atoms. The van der Waals surface area contributed by atoms with Crippen LogP contribution in [0.5, 0.6) is 0 Å². The number of aliphatic hydroxyl groups is 1. The number of likely N-dealkylation sites (tertiary alicyclic amines) is 1. The van der Waals surface area contributed by atoms with Crippen molar-refractivity contribution in [3.8, 4) is 22.4 Å². The third kappa shape index (κ3) is 7.86. The van der Waals surface area contributed by atoms with E-state index in [2.05, 4.69) is 69.4 Å². The lowest BCUT2D eigenvalue weighted by atomic mass is 9.85. The highest BCUT2D eigenvalue weighted by Crippen LogP contribution is 2.38. The molecule has 6 heterocycles. The highest BCUT2D eigenvalue weighted by molar-refractivity contribution is 6.05. The zero-order chi connectivity index (χ0) is 40.6. The number of imide groups is 1. The van der Waals surface area contributed by atoms with E-state index in [4.69, 9.17) is 10.1 Å². The summed E-state index contributed by atoms with van der Waals surface area (Å²) in [6, 6.07) is 23.4. The Labute approximate surface area is 343 Å². The Hall–Kier alpha value is -5.50. The third-order valence-corrected chi connectivity index (χ3v) is 12.8. The average Bonchev–Trinajstić information content (AvgIpc) is 3.76. The van der Waals surface area contributed by atoms with Crippen molar-refractivity contribution in [2.24, 2.45) is 0 Å². The van der Waals surface area contributed by atoms with Crippen LogP contribution in [0.25, 0.3) is 28.0 Å². The highest BCUT2D eigenvalue weighted by atomic mass is 19.1. The molecular weight excluding hydrogens is 748 g/mol. The zero-order valence-corrected chi connectivity index (χ0v) is 33.6. The third-order valence-electron chi connectivity index (χ3n) is 12.8. The molecule has 4 aliphatic heterocycles. The van der Waals surface area contributed by atoms with Crippen molar-refractivity contribution in [3.63, 3.8) is 0 Å². The predicted molar refractivity (Wildman–Crippen MR) is 224 cm³/mol. The highest BCUT2D eigenvalue weighted by Gasteiger charge is 2.41. The summed E-state index contributed by atoms with van der Waals surface area (Å²) in [5.41, 5.74) is 9.18. The minimum Gasteiger partial charge on any atom is -0.395 e. The smallest absolute Gasteiger partial charge is 0.255 e. The van der Waals surface area contributed by atoms with E-state index in [9.17, 15) is 23.9 Å². The van der Waals surface area contributed by atoms with E-state index >= 15 is 0 Å². The Morgan fingerprint density at radius 1 is 0.847 bits per heavy atom. The van der Waals surface area contributed by atoms with Gasteiger partial charge in [0.2, 0.25) is 11.8 Å². The number of piperazine rings is 1. The van der Waals surface area contributed by atoms with Gasteiger partial charge in [0.05, 0.1) is 18.0 Å². The average molecular weight is 799 g/mol. The molecule has 9 rings (SSSR count). The largest absolute Gasteiger partial charge is 0.395 e. The number of halogens is 1. The van der Waals surface area contributed by atoms with E-state index in [1.807, 2.05) is 22.7 Å². The Morgan fingerprint density at radius 2 is 1.61 bits per heavy atom. The molecule has 5 aromatic rings. The zero-order valence-electron chi connectivity index (χ0n) is 33.6. The number of hydrogen-bond donors (Lipinski definition) is 2. The number of rotatable bonds is 11. The number of hydrogen-bond acceptors (Lipinski definition) is 9. The van der Waals surface area contributed by atoms with Crippen molar-refractivity contribution in [1.82, 2.24) is 34.6 Å². The molecule has 3 aromatic carbocycles. The van der Waals surface area contributed by atoms with Gasteiger partial charge in [0.15, 0.2) is 5.65 Å².